The molecule has 22 N–H and O–H groups in total. The number of rotatable bonds is 42. The highest BCUT2D eigenvalue weighted by molar-refractivity contribution is 7.98. The van der Waals surface area contributed by atoms with Gasteiger partial charge >= 0.3 is 0 Å². The smallest absolute Gasteiger partial charge is 0.245 e. The lowest BCUT2D eigenvalue weighted by atomic mass is 10.0. The number of carbonyl (C=O) groups excluding carboxylic acids is 13. The minimum Gasteiger partial charge on any atom is -0.370 e. The molecular formula is C63H98N18O13S. The highest BCUT2D eigenvalue weighted by Gasteiger charge is 2.42. The highest BCUT2D eigenvalue weighted by Crippen LogP contribution is 2.24. The number of guanidine groups is 1. The Morgan fingerprint density at radius 2 is 1.01 bits per heavy atom. The molecule has 32 heteroatoms. The molecule has 13 amide bonds. The van der Waals surface area contributed by atoms with Gasteiger partial charge in [-0.3, -0.25) is 67.3 Å². The number of unbranched alkanes of at least 4 members (excludes halogenated alkanes) is 1. The highest BCUT2D eigenvalue weighted by atomic mass is 32.2. The lowest BCUT2D eigenvalue weighted by molar-refractivity contribution is -0.144. The lowest BCUT2D eigenvalue weighted by Crippen LogP contribution is -2.60. The number of hydrogen-bond donors (Lipinski definition) is 15. The molecule has 0 radical (unpaired) electrons. The molecule has 2 heterocycles. The normalized spacial score (nSPS) is 16.8. The van der Waals surface area contributed by atoms with Crippen molar-refractivity contribution in [3.63, 3.8) is 0 Å². The largest absolute Gasteiger partial charge is 0.370 e. The van der Waals surface area contributed by atoms with Crippen LogP contribution in [0.4, 0.5) is 0 Å². The van der Waals surface area contributed by atoms with Crippen molar-refractivity contribution in [3.05, 3.63) is 71.8 Å². The zero-order valence-corrected chi connectivity index (χ0v) is 55.3. The van der Waals surface area contributed by atoms with Crippen LogP contribution in [0.5, 0.6) is 0 Å². The van der Waals surface area contributed by atoms with E-state index in [1.54, 1.807) is 60.7 Å². The van der Waals surface area contributed by atoms with Crippen LogP contribution in [-0.2, 0) is 75.2 Å². The van der Waals surface area contributed by atoms with E-state index in [0.29, 0.717) is 55.4 Å². The van der Waals surface area contributed by atoms with Gasteiger partial charge in [-0.05, 0) is 119 Å². The molecule has 31 nitrogen and oxygen atoms in total. The third-order valence-corrected chi connectivity index (χ3v) is 16.7. The number of aliphatic imine (C=N–C) groups is 1. The van der Waals surface area contributed by atoms with Crippen LogP contribution in [0.25, 0.3) is 0 Å². The summed E-state index contributed by atoms with van der Waals surface area (Å²) in [5, 5.41) is 21.1. The van der Waals surface area contributed by atoms with Gasteiger partial charge in [0.25, 0.3) is 0 Å². The Hall–Kier alpha value is -8.91. The first-order valence-electron chi connectivity index (χ1n) is 32.2. The van der Waals surface area contributed by atoms with Gasteiger partial charge in [0.1, 0.15) is 54.4 Å². The zero-order valence-electron chi connectivity index (χ0n) is 54.5. The van der Waals surface area contributed by atoms with Crippen molar-refractivity contribution in [2.45, 2.75) is 183 Å². The summed E-state index contributed by atoms with van der Waals surface area (Å²) in [5.41, 5.74) is 40.6. The topological polar surface area (TPSA) is 519 Å². The first-order chi connectivity index (χ1) is 45.2. The second kappa shape index (κ2) is 41.0. The summed E-state index contributed by atoms with van der Waals surface area (Å²) < 4.78 is 0. The predicted octanol–water partition coefficient (Wildman–Crippen LogP) is -3.71. The maximum Gasteiger partial charge on any atom is 0.245 e. The first-order valence-corrected chi connectivity index (χ1v) is 33.6. The Morgan fingerprint density at radius 1 is 0.537 bits per heavy atom. The SMILES string of the molecule is CSCC[C@H](NC(=O)[C@@H](CC(C)C)NC(=O)CNC(=O)[C@@H](Cc1ccccc1)NC(=O)[C@@H](Cc1ccccc1)NC(=O)[C@H](CCC(N)=O)NC(=O)[C@H](CCC(N)=O)NC(=O)[C@H]1CCCN1C(=O)[C@H](CCCCN)NC(=O)[C@H]1CCCN1C(=O)[C@@H](N)CCCN=C(N)N)C(N)=O. The summed E-state index contributed by atoms with van der Waals surface area (Å²) >= 11 is 1.45. The minimum atomic E-state index is -1.64. The second-order valence-electron chi connectivity index (χ2n) is 24.1. The Bertz CT molecular complexity index is 2960. The van der Waals surface area contributed by atoms with Crippen LogP contribution in [-0.4, -0.2) is 198 Å². The summed E-state index contributed by atoms with van der Waals surface area (Å²) in [7, 11) is 0. The number of likely N-dealkylation sites (tertiary alicyclic amines) is 2. The molecule has 524 valence electrons. The second-order valence-corrected chi connectivity index (χ2v) is 25.1. The van der Waals surface area contributed by atoms with Crippen molar-refractivity contribution in [2.24, 2.45) is 51.0 Å². The van der Waals surface area contributed by atoms with E-state index in [-0.39, 0.29) is 83.0 Å². The van der Waals surface area contributed by atoms with E-state index in [1.807, 2.05) is 20.1 Å². The molecule has 2 saturated heterocycles. The predicted molar refractivity (Wildman–Crippen MR) is 356 cm³/mol. The van der Waals surface area contributed by atoms with Crippen LogP contribution < -0.4 is 82.7 Å². The Kier molecular flexibility index (Phi) is 33.9. The summed E-state index contributed by atoms with van der Waals surface area (Å²) in [6, 6.07) is 4.51. The van der Waals surface area contributed by atoms with E-state index in [2.05, 4.69) is 47.5 Å². The van der Waals surface area contributed by atoms with Crippen LogP contribution >= 0.6 is 11.8 Å². The number of nitrogens with zero attached hydrogens (tertiary/aromatic N) is 3. The first kappa shape index (κ1) is 78.5. The maximum absolute atomic E-state index is 14.7. The van der Waals surface area contributed by atoms with Crippen LogP contribution in [0, 0.1) is 5.92 Å². The van der Waals surface area contributed by atoms with E-state index >= 15 is 0 Å². The standard InChI is InChI=1S/C63H98N18O13S/c1-37(2)33-45(57(89)74-41(53(68)85)27-32-95-3)73-52(84)36-72-54(86)46(34-38-15-6-4-7-16-38)78-58(90)47(35-39-17-8-5-9-18-39)79-56(88)42(23-25-50(66)82)75-55(87)43(24-26-51(67)83)76-59(91)49-22-14-31-81(49)62(94)44(20-10-11-28-64)77-60(92)48-21-13-30-80(48)61(93)40(65)19-12-29-71-63(69)70/h4-9,15-18,37,40-49H,10-14,19-36,64-65H2,1-3H3,(H2,66,82)(H2,67,83)(H2,68,85)(H,72,86)(H,73,84)(H,74,89)(H,75,87)(H,76,91)(H,77,92)(H,78,90)(H,79,88)(H4,69,70,71)/t40-,41-,42-,43-,44-,45+,46+,47+,48+,49+/m0/s1. The molecule has 0 aliphatic carbocycles. The van der Waals surface area contributed by atoms with Gasteiger partial charge in [-0.25, -0.2) is 0 Å². The molecule has 10 atom stereocenters. The van der Waals surface area contributed by atoms with Gasteiger partial charge in [0, 0.05) is 45.3 Å². The number of carbonyl (C=O) groups is 13. The summed E-state index contributed by atoms with van der Waals surface area (Å²) in [5.74, 6) is -9.80. The Labute approximate surface area is 558 Å². The molecule has 2 aliphatic heterocycles. The average Bonchev–Trinajstić information content (AvgIpc) is 1.74. The van der Waals surface area contributed by atoms with E-state index in [1.165, 1.54) is 21.6 Å². The van der Waals surface area contributed by atoms with Crippen LogP contribution in [0.15, 0.2) is 65.7 Å². The zero-order chi connectivity index (χ0) is 70.1. The van der Waals surface area contributed by atoms with Crippen molar-refractivity contribution < 1.29 is 62.3 Å². The quantitative estimate of drug-likeness (QED) is 0.0173. The number of nitrogens with two attached hydrogens (primary N) is 7. The van der Waals surface area contributed by atoms with Gasteiger partial charge in [-0.15, -0.1) is 0 Å². The summed E-state index contributed by atoms with van der Waals surface area (Å²) in [6.45, 7) is 3.86. The molecular weight excluding hydrogens is 1250 g/mol. The van der Waals surface area contributed by atoms with Gasteiger partial charge in [-0.1, -0.05) is 74.5 Å². The van der Waals surface area contributed by atoms with Gasteiger partial charge in [0.15, 0.2) is 5.96 Å². The van der Waals surface area contributed by atoms with Crippen molar-refractivity contribution in [1.29, 1.82) is 0 Å². The van der Waals surface area contributed by atoms with Gasteiger partial charge in [0.2, 0.25) is 76.8 Å². The van der Waals surface area contributed by atoms with Gasteiger partial charge < -0.3 is 92.5 Å². The molecule has 0 saturated carbocycles. The third-order valence-electron chi connectivity index (χ3n) is 16.0. The van der Waals surface area contributed by atoms with E-state index < -0.39 is 169 Å². The van der Waals surface area contributed by atoms with Crippen molar-refractivity contribution >= 4 is 94.5 Å². The molecule has 0 aromatic heterocycles. The van der Waals surface area contributed by atoms with Crippen LogP contribution in [0.3, 0.4) is 0 Å². The van der Waals surface area contributed by atoms with Crippen molar-refractivity contribution in [1.82, 2.24) is 52.3 Å². The number of nitrogens with one attached hydrogen (secondary N) is 8. The Morgan fingerprint density at radius 3 is 1.51 bits per heavy atom. The molecule has 2 fully saturated rings. The molecule has 2 aromatic carbocycles. The number of amides is 13. The minimum absolute atomic E-state index is 0.0736. The number of benzene rings is 2. The van der Waals surface area contributed by atoms with Gasteiger partial charge in [-0.2, -0.15) is 11.8 Å². The van der Waals surface area contributed by atoms with Crippen LogP contribution in [0.2, 0.25) is 0 Å². The number of primary amides is 3. The fourth-order valence-electron chi connectivity index (χ4n) is 11.0. The van der Waals surface area contributed by atoms with Crippen molar-refractivity contribution in [3.8, 4) is 0 Å². The average molecular weight is 1350 g/mol. The Balaban J connectivity index is 1.56. The molecule has 4 rings (SSSR count). The molecule has 0 unspecified atom stereocenters. The third kappa shape index (κ3) is 27.5. The fourth-order valence-corrected chi connectivity index (χ4v) is 11.5. The molecule has 2 aromatic rings. The van der Waals surface area contributed by atoms with E-state index in [4.69, 9.17) is 40.1 Å². The molecule has 2 aliphatic rings. The summed E-state index contributed by atoms with van der Waals surface area (Å²) in [6.07, 6.45) is 3.12. The van der Waals surface area contributed by atoms with Crippen LogP contribution in [0.1, 0.15) is 121 Å². The van der Waals surface area contributed by atoms with E-state index in [9.17, 15) is 62.3 Å². The molecule has 0 spiro atoms. The number of thioether (sulfide) groups is 1. The maximum atomic E-state index is 14.7. The van der Waals surface area contributed by atoms with Crippen molar-refractivity contribution in [2.75, 3.05) is 44.7 Å². The fraction of sp³-hybridized carbons (Fsp3) is 0.587. The lowest BCUT2D eigenvalue weighted by Gasteiger charge is -2.32. The van der Waals surface area contributed by atoms with E-state index in [0.717, 1.165) is 0 Å². The summed E-state index contributed by atoms with van der Waals surface area (Å²) in [4.78, 5) is 185. The van der Waals surface area contributed by atoms with Gasteiger partial charge in [0.05, 0.1) is 12.6 Å². The molecule has 0 bridgehead atoms. The number of hydrogen-bond acceptors (Lipinski definition) is 17. The monoisotopic (exact) mass is 1350 g/mol. The molecule has 95 heavy (non-hydrogen) atoms.